The minimum atomic E-state index is -0.107. The minimum absolute atomic E-state index is 0.0321. The summed E-state index contributed by atoms with van der Waals surface area (Å²) >= 11 is 0. The van der Waals surface area contributed by atoms with Crippen molar-refractivity contribution in [1.29, 1.82) is 0 Å². The number of nitrogens with zero attached hydrogens (tertiary/aromatic N) is 2. The summed E-state index contributed by atoms with van der Waals surface area (Å²) in [5, 5.41) is 6.80. The number of benzene rings is 4. The minimum Gasteiger partial charge on any atom is -0.322 e. The van der Waals surface area contributed by atoms with Gasteiger partial charge < -0.3 is 4.57 Å². The van der Waals surface area contributed by atoms with Crippen molar-refractivity contribution in [2.24, 2.45) is 0 Å². The summed E-state index contributed by atoms with van der Waals surface area (Å²) in [6, 6.07) is 34.6. The summed E-state index contributed by atoms with van der Waals surface area (Å²) < 4.78 is 2.60. The van der Waals surface area contributed by atoms with Gasteiger partial charge in [-0.1, -0.05) is 105 Å². The van der Waals surface area contributed by atoms with E-state index in [-0.39, 0.29) is 23.3 Å². The fourth-order valence-electron chi connectivity index (χ4n) is 7.92. The lowest BCUT2D eigenvalue weighted by Gasteiger charge is -2.29. The predicted molar refractivity (Wildman–Crippen MR) is 155 cm³/mol. The molecule has 3 heteroatoms. The Balaban J connectivity index is 1.33. The zero-order chi connectivity index (χ0) is 25.2. The van der Waals surface area contributed by atoms with Crippen molar-refractivity contribution in [3.63, 3.8) is 0 Å². The van der Waals surface area contributed by atoms with Crippen molar-refractivity contribution >= 4 is 21.8 Å². The number of hydrogen-bond acceptors (Lipinski definition) is 2. The van der Waals surface area contributed by atoms with E-state index in [2.05, 4.69) is 144 Å². The largest absolute Gasteiger partial charge is 0.322 e. The van der Waals surface area contributed by atoms with Gasteiger partial charge in [0.1, 0.15) is 11.8 Å². The second-order valence-electron chi connectivity index (χ2n) is 11.8. The molecule has 5 atom stereocenters. The molecule has 0 bridgehead atoms. The van der Waals surface area contributed by atoms with Crippen LogP contribution in [-0.2, 0) is 5.41 Å². The van der Waals surface area contributed by atoms with E-state index in [0.29, 0.717) is 6.04 Å². The Morgan fingerprint density at radius 2 is 1.50 bits per heavy atom. The van der Waals surface area contributed by atoms with Gasteiger partial charge in [-0.25, -0.2) is 0 Å². The highest BCUT2D eigenvalue weighted by Crippen LogP contribution is 2.60. The van der Waals surface area contributed by atoms with Crippen LogP contribution in [0, 0.1) is 0 Å². The summed E-state index contributed by atoms with van der Waals surface area (Å²) in [6.45, 7) is 4.75. The van der Waals surface area contributed by atoms with E-state index < -0.39 is 0 Å². The molecule has 2 aliphatic heterocycles. The third-order valence-electron chi connectivity index (χ3n) is 9.68. The quantitative estimate of drug-likeness (QED) is 0.259. The monoisotopic (exact) mass is 491 g/mol. The van der Waals surface area contributed by atoms with E-state index in [1.165, 1.54) is 49.6 Å². The lowest BCUT2D eigenvalue weighted by Crippen LogP contribution is -2.37. The van der Waals surface area contributed by atoms with Crippen LogP contribution in [0.2, 0.25) is 0 Å². The lowest BCUT2D eigenvalue weighted by molar-refractivity contribution is 0.318. The zero-order valence-electron chi connectivity index (χ0n) is 21.6. The maximum Gasteiger partial charge on any atom is 0.113 e. The highest BCUT2D eigenvalue weighted by atomic mass is 15.6. The van der Waals surface area contributed by atoms with Crippen molar-refractivity contribution in [3.8, 4) is 11.1 Å². The van der Waals surface area contributed by atoms with E-state index in [0.717, 1.165) is 0 Å². The molecule has 3 heterocycles. The Labute approximate surface area is 222 Å². The SMILES string of the molecule is CC1(C)c2ccccc2-c2cc3c4ccccc4n(C4NC56C=CC=CC5[N@]6C4c4ccccc4)c3cc21. The van der Waals surface area contributed by atoms with Crippen molar-refractivity contribution in [1.82, 2.24) is 14.8 Å². The average Bonchev–Trinajstić information content (AvgIpc) is 3.19. The molecule has 3 nitrogen and oxygen atoms in total. The van der Waals surface area contributed by atoms with Crippen LogP contribution in [0.25, 0.3) is 32.9 Å². The maximum atomic E-state index is 4.14. The normalized spacial score (nSPS) is 29.3. The van der Waals surface area contributed by atoms with Crippen LogP contribution in [0.5, 0.6) is 0 Å². The number of aromatic nitrogens is 1. The molecule has 0 radical (unpaired) electrons. The molecule has 5 aromatic rings. The van der Waals surface area contributed by atoms with Crippen molar-refractivity contribution < 1.29 is 0 Å². The summed E-state index contributed by atoms with van der Waals surface area (Å²) in [5.74, 6) is 0. The van der Waals surface area contributed by atoms with Gasteiger partial charge in [0, 0.05) is 16.2 Å². The summed E-state index contributed by atoms with van der Waals surface area (Å²) in [4.78, 5) is 2.65. The third-order valence-corrected chi connectivity index (χ3v) is 9.68. The number of nitrogens with one attached hydrogen (secondary N) is 1. The van der Waals surface area contributed by atoms with Gasteiger partial charge in [0.15, 0.2) is 0 Å². The first-order valence-corrected chi connectivity index (χ1v) is 13.7. The Morgan fingerprint density at radius 3 is 2.39 bits per heavy atom. The second-order valence-corrected chi connectivity index (χ2v) is 11.8. The average molecular weight is 492 g/mol. The molecule has 4 aromatic carbocycles. The van der Waals surface area contributed by atoms with Gasteiger partial charge in [0.2, 0.25) is 0 Å². The van der Waals surface area contributed by atoms with Crippen LogP contribution in [-0.4, -0.2) is 21.2 Å². The van der Waals surface area contributed by atoms with E-state index >= 15 is 0 Å². The van der Waals surface area contributed by atoms with Gasteiger partial charge in [-0.3, -0.25) is 10.2 Å². The predicted octanol–water partition coefficient (Wildman–Crippen LogP) is 7.45. The second kappa shape index (κ2) is 6.93. The molecule has 1 N–H and O–H groups in total. The smallest absolute Gasteiger partial charge is 0.113 e. The summed E-state index contributed by atoms with van der Waals surface area (Å²) in [6.07, 6.45) is 9.21. The molecule has 0 amide bonds. The molecule has 1 spiro atoms. The number of fused-ring (bicyclic) bond motifs is 7. The van der Waals surface area contributed by atoms with Crippen LogP contribution >= 0.6 is 0 Å². The molecule has 2 aliphatic carbocycles. The molecule has 38 heavy (non-hydrogen) atoms. The number of para-hydroxylation sites is 1. The molecule has 0 saturated carbocycles. The molecule has 9 rings (SSSR count). The van der Waals surface area contributed by atoms with Gasteiger partial charge in [0.25, 0.3) is 0 Å². The first-order chi connectivity index (χ1) is 18.6. The topological polar surface area (TPSA) is 20.0 Å². The van der Waals surface area contributed by atoms with Gasteiger partial charge in [-0.05, 0) is 52.1 Å². The Morgan fingerprint density at radius 1 is 0.711 bits per heavy atom. The van der Waals surface area contributed by atoms with Crippen molar-refractivity contribution in [2.75, 3.05) is 0 Å². The fourth-order valence-corrected chi connectivity index (χ4v) is 7.92. The number of piperazine rings is 1. The van der Waals surface area contributed by atoms with Crippen LogP contribution in [0.3, 0.4) is 0 Å². The van der Waals surface area contributed by atoms with Crippen LogP contribution in [0.4, 0.5) is 0 Å². The van der Waals surface area contributed by atoms with Crippen molar-refractivity contribution in [3.05, 3.63) is 132 Å². The van der Waals surface area contributed by atoms with Crippen molar-refractivity contribution in [2.45, 2.75) is 43.2 Å². The molecular weight excluding hydrogens is 462 g/mol. The van der Waals surface area contributed by atoms with Gasteiger partial charge in [-0.2, -0.15) is 0 Å². The van der Waals surface area contributed by atoms with Gasteiger partial charge >= 0.3 is 0 Å². The Bertz CT molecular complexity index is 1860. The fraction of sp³-hybridized carbons (Fsp3) is 0.200. The molecule has 4 unspecified atom stereocenters. The molecule has 1 aromatic heterocycles. The zero-order valence-corrected chi connectivity index (χ0v) is 21.6. The van der Waals surface area contributed by atoms with E-state index in [1.54, 1.807) is 0 Å². The van der Waals surface area contributed by atoms with Gasteiger partial charge in [0.05, 0.1) is 23.1 Å². The number of hydrogen-bond donors (Lipinski definition) is 1. The Hall–Kier alpha value is -3.92. The Kier molecular flexibility index (Phi) is 3.84. The number of allylic oxidation sites excluding steroid dienone is 2. The third kappa shape index (κ3) is 2.42. The van der Waals surface area contributed by atoms with Crippen LogP contribution in [0.1, 0.15) is 42.7 Å². The number of rotatable bonds is 2. The van der Waals surface area contributed by atoms with E-state index in [9.17, 15) is 0 Å². The molecule has 4 aliphatic rings. The molecule has 2 fully saturated rings. The molecule has 2 saturated heterocycles. The lowest BCUT2D eigenvalue weighted by atomic mass is 9.82. The van der Waals surface area contributed by atoms with E-state index in [4.69, 9.17) is 0 Å². The van der Waals surface area contributed by atoms with E-state index in [1.807, 2.05) is 0 Å². The highest BCUT2D eigenvalue weighted by Gasteiger charge is 2.70. The first-order valence-electron chi connectivity index (χ1n) is 13.7. The molecular formula is C35H29N3. The summed E-state index contributed by atoms with van der Waals surface area (Å²) in [7, 11) is 0. The standard InChI is InChI=1S/C35H29N3/c1-34(2)27-16-8-6-14-23(27)25-20-26-24-15-7-9-17-29(24)37(30(26)21-28(25)34)33-32(22-12-4-3-5-13-22)38-31-18-10-11-19-35(31,38)36-33/h3-21,31-33,36H,1-2H3/t31?,32?,33?,35?,38-/m1/s1. The highest BCUT2D eigenvalue weighted by molar-refractivity contribution is 6.10. The van der Waals surface area contributed by atoms with Crippen LogP contribution < -0.4 is 5.32 Å². The maximum absolute atomic E-state index is 4.14. The first kappa shape index (κ1) is 21.1. The van der Waals surface area contributed by atoms with Crippen LogP contribution in [0.15, 0.2) is 115 Å². The summed E-state index contributed by atoms with van der Waals surface area (Å²) in [5.41, 5.74) is 9.43. The van der Waals surface area contributed by atoms with Gasteiger partial charge in [-0.15, -0.1) is 0 Å². The molecule has 184 valence electrons.